The van der Waals surface area contributed by atoms with Gasteiger partial charge in [0.25, 0.3) is 0 Å². The molecule has 1 atom stereocenters. The molecule has 0 saturated carbocycles. The van der Waals surface area contributed by atoms with Crippen molar-refractivity contribution in [1.82, 2.24) is 9.71 Å². The van der Waals surface area contributed by atoms with Crippen LogP contribution in [0.25, 0.3) is 11.1 Å². The van der Waals surface area contributed by atoms with Gasteiger partial charge in [0.05, 0.1) is 17.0 Å². The first-order valence-electron chi connectivity index (χ1n) is 6.31. The van der Waals surface area contributed by atoms with Crippen molar-refractivity contribution in [3.05, 3.63) is 28.7 Å². The molecule has 1 aliphatic heterocycles. The van der Waals surface area contributed by atoms with Crippen molar-refractivity contribution in [3.63, 3.8) is 0 Å². The number of sulfonamides is 1. The zero-order chi connectivity index (χ0) is 15.1. The molecule has 0 radical (unpaired) electrons. The molecule has 8 nitrogen and oxygen atoms in total. The predicted octanol–water partition coefficient (Wildman–Crippen LogP) is -0.449. The lowest BCUT2D eigenvalue weighted by molar-refractivity contribution is 0.0314. The molecular weight excluding hydrogens is 300 g/mol. The quantitative estimate of drug-likeness (QED) is 0.703. The summed E-state index contributed by atoms with van der Waals surface area (Å²) in [7, 11) is -3.81. The van der Waals surface area contributed by atoms with E-state index in [2.05, 4.69) is 9.71 Å². The number of rotatable bonds is 4. The average molecular weight is 314 g/mol. The van der Waals surface area contributed by atoms with Crippen molar-refractivity contribution in [2.24, 2.45) is 0 Å². The first-order valence-corrected chi connectivity index (χ1v) is 7.79. The molecule has 3 N–H and O–H groups in total. The van der Waals surface area contributed by atoms with Gasteiger partial charge in [-0.25, -0.2) is 17.9 Å². The Balaban J connectivity index is 1.83. The van der Waals surface area contributed by atoms with Crippen molar-refractivity contribution in [2.75, 3.05) is 19.8 Å². The zero-order valence-electron chi connectivity index (χ0n) is 11.0. The number of benzene rings is 1. The molecule has 1 aromatic heterocycles. The molecule has 9 heteroatoms. The molecule has 0 amide bonds. The minimum absolute atomic E-state index is 0.0414. The summed E-state index contributed by atoms with van der Waals surface area (Å²) in [5, 5.41) is 10.1. The van der Waals surface area contributed by atoms with E-state index in [-0.39, 0.29) is 23.6 Å². The first kappa shape index (κ1) is 14.3. The summed E-state index contributed by atoms with van der Waals surface area (Å²) in [5.41, 5.74) is -0.606. The Bertz CT molecular complexity index is 816. The van der Waals surface area contributed by atoms with Crippen LogP contribution in [0.2, 0.25) is 0 Å². The molecule has 21 heavy (non-hydrogen) atoms. The normalized spacial score (nSPS) is 22.9. The van der Waals surface area contributed by atoms with Crippen LogP contribution < -0.4 is 10.5 Å². The highest BCUT2D eigenvalue weighted by atomic mass is 32.2. The van der Waals surface area contributed by atoms with E-state index in [1.807, 2.05) is 0 Å². The Morgan fingerprint density at radius 3 is 2.95 bits per heavy atom. The van der Waals surface area contributed by atoms with Gasteiger partial charge in [-0.15, -0.1) is 0 Å². The number of H-pyrrole nitrogens is 1. The van der Waals surface area contributed by atoms with Gasteiger partial charge in [-0.05, 0) is 12.1 Å². The summed E-state index contributed by atoms with van der Waals surface area (Å²) < 4.78 is 36.6. The molecule has 1 unspecified atom stereocenters. The second kappa shape index (κ2) is 4.95. The first-order chi connectivity index (χ1) is 9.88. The lowest BCUT2D eigenvalue weighted by Gasteiger charge is -2.20. The Kier molecular flexibility index (Phi) is 3.36. The summed E-state index contributed by atoms with van der Waals surface area (Å²) in [6.45, 7) is 0.365. The minimum Gasteiger partial charge on any atom is -0.408 e. The maximum atomic E-state index is 12.2. The summed E-state index contributed by atoms with van der Waals surface area (Å²) in [5.74, 6) is -0.648. The molecule has 2 aromatic rings. The number of aliphatic hydroxyl groups is 1. The van der Waals surface area contributed by atoms with Crippen molar-refractivity contribution in [1.29, 1.82) is 0 Å². The van der Waals surface area contributed by atoms with Crippen LogP contribution in [0, 0.1) is 0 Å². The molecule has 0 aliphatic carbocycles. The zero-order valence-corrected chi connectivity index (χ0v) is 11.8. The highest BCUT2D eigenvalue weighted by molar-refractivity contribution is 7.89. The van der Waals surface area contributed by atoms with E-state index >= 15 is 0 Å². The third-order valence-corrected chi connectivity index (χ3v) is 4.78. The molecule has 1 fully saturated rings. The maximum absolute atomic E-state index is 12.2. The molecule has 0 bridgehead atoms. The van der Waals surface area contributed by atoms with Gasteiger partial charge in [0.1, 0.15) is 5.60 Å². The fraction of sp³-hybridized carbons (Fsp3) is 0.417. The summed E-state index contributed by atoms with van der Waals surface area (Å²) >= 11 is 0. The van der Waals surface area contributed by atoms with Gasteiger partial charge in [0.15, 0.2) is 5.58 Å². The van der Waals surface area contributed by atoms with Crippen molar-refractivity contribution < 1.29 is 22.7 Å². The molecule has 2 heterocycles. The van der Waals surface area contributed by atoms with Gasteiger partial charge >= 0.3 is 5.76 Å². The van der Waals surface area contributed by atoms with Crippen LogP contribution in [0.5, 0.6) is 0 Å². The van der Waals surface area contributed by atoms with Gasteiger partial charge in [-0.2, -0.15) is 0 Å². The van der Waals surface area contributed by atoms with Crippen LogP contribution in [0.1, 0.15) is 6.42 Å². The molecule has 0 spiro atoms. The number of fused-ring (bicyclic) bond motifs is 1. The summed E-state index contributed by atoms with van der Waals surface area (Å²) in [4.78, 5) is 13.4. The van der Waals surface area contributed by atoms with Crippen LogP contribution in [-0.2, 0) is 14.8 Å². The number of ether oxygens (including phenoxy) is 1. The number of nitrogens with one attached hydrogen (secondary N) is 2. The standard InChI is InChI=1S/C12H14N2O6S/c15-11-14-9-2-1-8(5-10(9)20-11)21(17,18)13-6-12(16)3-4-19-7-12/h1-2,5,13,16H,3-4,6-7H2,(H,14,15). The van der Waals surface area contributed by atoms with E-state index in [9.17, 15) is 18.3 Å². The Morgan fingerprint density at radius 1 is 1.43 bits per heavy atom. The highest BCUT2D eigenvalue weighted by Gasteiger charge is 2.33. The number of hydrogen-bond acceptors (Lipinski definition) is 6. The van der Waals surface area contributed by atoms with E-state index in [0.717, 1.165) is 0 Å². The predicted molar refractivity (Wildman–Crippen MR) is 72.4 cm³/mol. The van der Waals surface area contributed by atoms with Crippen LogP contribution in [0.15, 0.2) is 32.3 Å². The largest absolute Gasteiger partial charge is 0.417 e. The molecule has 1 saturated heterocycles. The van der Waals surface area contributed by atoms with Crippen molar-refractivity contribution in [3.8, 4) is 0 Å². The topological polar surface area (TPSA) is 122 Å². The third kappa shape index (κ3) is 2.86. The number of aromatic nitrogens is 1. The lowest BCUT2D eigenvalue weighted by Crippen LogP contribution is -2.43. The summed E-state index contributed by atoms with van der Waals surface area (Å²) in [6, 6.07) is 4.05. The Hall–Kier alpha value is -1.68. The molecule has 1 aromatic carbocycles. The maximum Gasteiger partial charge on any atom is 0.417 e. The second-order valence-electron chi connectivity index (χ2n) is 5.02. The minimum atomic E-state index is -3.81. The molecule has 114 valence electrons. The molecular formula is C12H14N2O6S. The van der Waals surface area contributed by atoms with E-state index in [1.54, 1.807) is 0 Å². The number of oxazole rings is 1. The Labute approximate surface area is 119 Å². The van der Waals surface area contributed by atoms with E-state index in [1.165, 1.54) is 18.2 Å². The smallest absolute Gasteiger partial charge is 0.408 e. The van der Waals surface area contributed by atoms with Gasteiger partial charge in [-0.1, -0.05) is 0 Å². The van der Waals surface area contributed by atoms with Gasteiger partial charge in [0.2, 0.25) is 10.0 Å². The number of aromatic amines is 1. The van der Waals surface area contributed by atoms with E-state index < -0.39 is 21.4 Å². The van der Waals surface area contributed by atoms with Gasteiger partial charge < -0.3 is 14.3 Å². The molecule has 1 aliphatic rings. The number of hydrogen-bond donors (Lipinski definition) is 3. The fourth-order valence-corrected chi connectivity index (χ4v) is 3.28. The van der Waals surface area contributed by atoms with E-state index in [4.69, 9.17) is 9.15 Å². The average Bonchev–Trinajstić information content (AvgIpc) is 3.01. The van der Waals surface area contributed by atoms with Crippen LogP contribution >= 0.6 is 0 Å². The van der Waals surface area contributed by atoms with Crippen LogP contribution in [0.4, 0.5) is 0 Å². The fourth-order valence-electron chi connectivity index (χ4n) is 2.14. The molecule has 3 rings (SSSR count). The van der Waals surface area contributed by atoms with Crippen molar-refractivity contribution >= 4 is 21.1 Å². The van der Waals surface area contributed by atoms with Crippen LogP contribution in [-0.4, -0.2) is 43.9 Å². The second-order valence-corrected chi connectivity index (χ2v) is 6.79. The third-order valence-electron chi connectivity index (χ3n) is 3.38. The van der Waals surface area contributed by atoms with Crippen molar-refractivity contribution in [2.45, 2.75) is 16.9 Å². The van der Waals surface area contributed by atoms with Gasteiger partial charge in [0, 0.05) is 25.6 Å². The van der Waals surface area contributed by atoms with E-state index in [0.29, 0.717) is 18.5 Å². The lowest BCUT2D eigenvalue weighted by atomic mass is 10.1. The highest BCUT2D eigenvalue weighted by Crippen LogP contribution is 2.20. The monoisotopic (exact) mass is 314 g/mol. The summed E-state index contributed by atoms with van der Waals surface area (Å²) in [6.07, 6.45) is 0.376. The SMILES string of the molecule is O=c1[nH]c2ccc(S(=O)(=O)NCC3(O)CCOC3)cc2o1. The van der Waals surface area contributed by atoms with Crippen LogP contribution in [0.3, 0.4) is 0 Å². The van der Waals surface area contributed by atoms with Gasteiger partial charge in [-0.3, -0.25) is 4.98 Å². The Morgan fingerprint density at radius 2 is 2.24 bits per heavy atom.